The lowest BCUT2D eigenvalue weighted by Crippen LogP contribution is -2.14. The van der Waals surface area contributed by atoms with Crippen molar-refractivity contribution in [2.24, 2.45) is 0 Å². The van der Waals surface area contributed by atoms with Crippen molar-refractivity contribution in [3.63, 3.8) is 0 Å². The molecule has 0 unspecified atom stereocenters. The summed E-state index contributed by atoms with van der Waals surface area (Å²) < 4.78 is 32.7. The Morgan fingerprint density at radius 2 is 2.00 bits per heavy atom. The Morgan fingerprint density at radius 3 is 2.47 bits per heavy atom. The maximum atomic E-state index is 12.0. The second-order valence-electron chi connectivity index (χ2n) is 3.23. The van der Waals surface area contributed by atoms with Gasteiger partial charge in [-0.2, -0.15) is 0 Å². The van der Waals surface area contributed by atoms with Gasteiger partial charge in [0.15, 0.2) is 0 Å². The molecule has 1 saturated heterocycles. The van der Waals surface area contributed by atoms with E-state index in [1.165, 1.54) is 0 Å². The molecule has 1 atom stereocenters. The van der Waals surface area contributed by atoms with E-state index in [2.05, 4.69) is 0 Å². The average Bonchev–Trinajstić information content (AvgIpc) is 2.68. The molecule has 0 saturated carbocycles. The molecule has 90 valence electrons. The molecule has 0 N–H and O–H groups in total. The van der Waals surface area contributed by atoms with Crippen LogP contribution in [-0.4, -0.2) is 38.9 Å². The molecule has 1 heterocycles. The van der Waals surface area contributed by atoms with Gasteiger partial charge in [0.25, 0.3) is 0 Å². The van der Waals surface area contributed by atoms with E-state index >= 15 is 0 Å². The molecule has 15 heavy (non-hydrogen) atoms. The molecular formula is C9H19O5P. The van der Waals surface area contributed by atoms with Gasteiger partial charge in [-0.1, -0.05) is 0 Å². The Morgan fingerprint density at radius 1 is 1.33 bits per heavy atom. The van der Waals surface area contributed by atoms with Gasteiger partial charge in [0.2, 0.25) is 0 Å². The molecule has 1 aliphatic heterocycles. The number of hydrogen-bond acceptors (Lipinski definition) is 5. The summed E-state index contributed by atoms with van der Waals surface area (Å²) in [5, 5.41) is 0. The first-order valence-electron chi connectivity index (χ1n) is 5.27. The standard InChI is InChI=1S/C9H19O5P/c1-3-13-15(10,14-4-2)8-12-9-5-6-11-7-9/h9H,3-8H2,1-2H3/t9-/m0/s1. The molecule has 1 aliphatic rings. The third kappa shape index (κ3) is 4.62. The van der Waals surface area contributed by atoms with Crippen molar-refractivity contribution < 1.29 is 23.1 Å². The van der Waals surface area contributed by atoms with Gasteiger partial charge in [0.05, 0.1) is 25.9 Å². The third-order valence-electron chi connectivity index (χ3n) is 2.01. The molecule has 0 aromatic carbocycles. The second kappa shape index (κ2) is 6.61. The van der Waals surface area contributed by atoms with Gasteiger partial charge >= 0.3 is 7.60 Å². The SMILES string of the molecule is CCOP(=O)(CO[C@H]1CCOC1)OCC. The first kappa shape index (κ1) is 13.1. The smallest absolute Gasteiger partial charge is 0.356 e. The van der Waals surface area contributed by atoms with Gasteiger partial charge in [0.1, 0.15) is 6.35 Å². The maximum absolute atomic E-state index is 12.0. The van der Waals surface area contributed by atoms with E-state index in [1.54, 1.807) is 13.8 Å². The topological polar surface area (TPSA) is 54.0 Å². The zero-order chi connectivity index (χ0) is 11.1. The van der Waals surface area contributed by atoms with Gasteiger partial charge in [-0.15, -0.1) is 0 Å². The summed E-state index contributed by atoms with van der Waals surface area (Å²) >= 11 is 0. The fourth-order valence-electron chi connectivity index (χ4n) is 1.35. The van der Waals surface area contributed by atoms with Crippen molar-refractivity contribution in [1.82, 2.24) is 0 Å². The Hall–Kier alpha value is 0.0700. The first-order chi connectivity index (χ1) is 7.20. The van der Waals surface area contributed by atoms with E-state index in [9.17, 15) is 4.57 Å². The molecule has 1 rings (SSSR count). The van der Waals surface area contributed by atoms with Crippen LogP contribution in [0.1, 0.15) is 20.3 Å². The minimum absolute atomic E-state index is 0.0166. The van der Waals surface area contributed by atoms with Crippen LogP contribution in [0.2, 0.25) is 0 Å². The van der Waals surface area contributed by atoms with Crippen LogP contribution < -0.4 is 0 Å². The molecule has 0 aliphatic carbocycles. The van der Waals surface area contributed by atoms with Gasteiger partial charge in [0, 0.05) is 6.61 Å². The van der Waals surface area contributed by atoms with E-state index in [-0.39, 0.29) is 12.5 Å². The molecule has 0 bridgehead atoms. The Balaban J connectivity index is 2.32. The Labute approximate surface area is 90.6 Å². The van der Waals surface area contributed by atoms with Crippen molar-refractivity contribution in [2.75, 3.05) is 32.8 Å². The lowest BCUT2D eigenvalue weighted by Gasteiger charge is -2.18. The monoisotopic (exact) mass is 238 g/mol. The van der Waals surface area contributed by atoms with Crippen LogP contribution in [0, 0.1) is 0 Å². The predicted octanol–water partition coefficient (Wildman–Crippen LogP) is 2.02. The van der Waals surface area contributed by atoms with Crippen LogP contribution in [0.25, 0.3) is 0 Å². The van der Waals surface area contributed by atoms with Gasteiger partial charge in [-0.05, 0) is 20.3 Å². The molecule has 0 radical (unpaired) electrons. The zero-order valence-corrected chi connectivity index (χ0v) is 10.2. The molecule has 6 heteroatoms. The summed E-state index contributed by atoms with van der Waals surface area (Å²) in [6, 6.07) is 0. The van der Waals surface area contributed by atoms with Crippen molar-refractivity contribution in [3.8, 4) is 0 Å². The lowest BCUT2D eigenvalue weighted by molar-refractivity contribution is 0.0545. The van der Waals surface area contributed by atoms with Crippen LogP contribution in [-0.2, 0) is 23.1 Å². The highest BCUT2D eigenvalue weighted by Gasteiger charge is 2.27. The normalized spacial score (nSPS) is 22.1. The summed E-state index contributed by atoms with van der Waals surface area (Å²) in [5.41, 5.74) is 0. The molecule has 5 nitrogen and oxygen atoms in total. The fourth-order valence-corrected chi connectivity index (χ4v) is 2.75. The first-order valence-corrected chi connectivity index (χ1v) is 7.00. The van der Waals surface area contributed by atoms with Gasteiger partial charge in [-0.3, -0.25) is 4.57 Å². The number of ether oxygens (including phenoxy) is 2. The summed E-state index contributed by atoms with van der Waals surface area (Å²) in [4.78, 5) is 0. The maximum Gasteiger partial charge on any atom is 0.356 e. The number of rotatable bonds is 7. The van der Waals surface area contributed by atoms with E-state index in [0.29, 0.717) is 26.4 Å². The highest BCUT2D eigenvalue weighted by molar-refractivity contribution is 7.53. The van der Waals surface area contributed by atoms with Gasteiger partial charge < -0.3 is 18.5 Å². The van der Waals surface area contributed by atoms with Crippen LogP contribution in [0.3, 0.4) is 0 Å². The quantitative estimate of drug-likeness (QED) is 0.635. The van der Waals surface area contributed by atoms with Crippen molar-refractivity contribution in [1.29, 1.82) is 0 Å². The van der Waals surface area contributed by atoms with E-state index in [4.69, 9.17) is 18.5 Å². The largest absolute Gasteiger partial charge is 0.379 e. The number of hydrogen-bond donors (Lipinski definition) is 0. The molecule has 0 amide bonds. The lowest BCUT2D eigenvalue weighted by atomic mass is 10.3. The average molecular weight is 238 g/mol. The van der Waals surface area contributed by atoms with Crippen molar-refractivity contribution in [2.45, 2.75) is 26.4 Å². The highest BCUT2D eigenvalue weighted by atomic mass is 31.2. The predicted molar refractivity (Wildman–Crippen MR) is 56.0 cm³/mol. The molecule has 0 aromatic rings. The Bertz CT molecular complexity index is 205. The van der Waals surface area contributed by atoms with Crippen LogP contribution in [0.15, 0.2) is 0 Å². The summed E-state index contributed by atoms with van der Waals surface area (Å²) in [7, 11) is -3.05. The summed E-state index contributed by atoms with van der Waals surface area (Å²) in [6.45, 7) is 5.56. The fraction of sp³-hybridized carbons (Fsp3) is 1.00. The molecule has 1 fully saturated rings. The molecule has 0 aromatic heterocycles. The van der Waals surface area contributed by atoms with E-state index in [0.717, 1.165) is 6.42 Å². The van der Waals surface area contributed by atoms with Crippen molar-refractivity contribution in [3.05, 3.63) is 0 Å². The van der Waals surface area contributed by atoms with Crippen LogP contribution in [0.5, 0.6) is 0 Å². The van der Waals surface area contributed by atoms with Crippen LogP contribution in [0.4, 0.5) is 0 Å². The van der Waals surface area contributed by atoms with Crippen LogP contribution >= 0.6 is 7.60 Å². The van der Waals surface area contributed by atoms with E-state index in [1.807, 2.05) is 0 Å². The Kier molecular flexibility index (Phi) is 5.79. The van der Waals surface area contributed by atoms with E-state index < -0.39 is 7.60 Å². The highest BCUT2D eigenvalue weighted by Crippen LogP contribution is 2.48. The van der Waals surface area contributed by atoms with Gasteiger partial charge in [-0.25, -0.2) is 0 Å². The minimum atomic E-state index is -3.05. The third-order valence-corrected chi connectivity index (χ3v) is 3.78. The second-order valence-corrected chi connectivity index (χ2v) is 5.22. The molecule has 0 spiro atoms. The minimum Gasteiger partial charge on any atom is -0.379 e. The van der Waals surface area contributed by atoms with Crippen molar-refractivity contribution >= 4 is 7.60 Å². The summed E-state index contributed by atoms with van der Waals surface area (Å²) in [6.07, 6.45) is 0.889. The summed E-state index contributed by atoms with van der Waals surface area (Å²) in [5.74, 6) is 0. The zero-order valence-electron chi connectivity index (χ0n) is 9.31. The molecular weight excluding hydrogens is 219 g/mol.